The minimum atomic E-state index is -1.29. The molecule has 2 aliphatic carbocycles. The van der Waals surface area contributed by atoms with Crippen molar-refractivity contribution in [3.63, 3.8) is 0 Å². The summed E-state index contributed by atoms with van der Waals surface area (Å²) in [4.78, 5) is 0. The first-order valence-electron chi connectivity index (χ1n) is 3.61. The van der Waals surface area contributed by atoms with Gasteiger partial charge in [0.25, 0.3) is 0 Å². The van der Waals surface area contributed by atoms with Crippen molar-refractivity contribution in [1.29, 1.82) is 0 Å². The molecule has 0 atom stereocenters. The van der Waals surface area contributed by atoms with E-state index in [0.717, 1.165) is 19.3 Å². The molecular weight excluding hydrogens is 116 g/mol. The fraction of sp³-hybridized carbons (Fsp3) is 1.00. The van der Waals surface area contributed by atoms with Gasteiger partial charge in [-0.15, -0.1) is 0 Å². The first kappa shape index (κ1) is 5.69. The fourth-order valence-corrected chi connectivity index (χ4v) is 1.96. The van der Waals surface area contributed by atoms with Gasteiger partial charge in [-0.2, -0.15) is 0 Å². The first-order chi connectivity index (χ1) is 4.16. The summed E-state index contributed by atoms with van der Waals surface area (Å²) in [7, 11) is 0. The van der Waals surface area contributed by atoms with Gasteiger partial charge in [-0.25, -0.2) is 0 Å². The van der Waals surface area contributed by atoms with Gasteiger partial charge in [-0.3, -0.25) is 0 Å². The smallest absolute Gasteiger partial charge is 0.168 e. The second-order valence-corrected chi connectivity index (χ2v) is 3.45. The third kappa shape index (κ3) is 0.485. The van der Waals surface area contributed by atoms with Crippen LogP contribution in [0.3, 0.4) is 0 Å². The van der Waals surface area contributed by atoms with Crippen LogP contribution in [0.1, 0.15) is 32.1 Å². The van der Waals surface area contributed by atoms with E-state index in [1.54, 1.807) is 0 Å². The molecule has 0 aromatic heterocycles. The summed E-state index contributed by atoms with van der Waals surface area (Å²) in [6.45, 7) is 0. The van der Waals surface area contributed by atoms with E-state index in [1.807, 2.05) is 0 Å². The summed E-state index contributed by atoms with van der Waals surface area (Å²) in [5.41, 5.74) is -0.0486. The second kappa shape index (κ2) is 1.32. The quantitative estimate of drug-likeness (QED) is 0.470. The average molecular weight is 128 g/mol. The van der Waals surface area contributed by atoms with Crippen LogP contribution in [0.15, 0.2) is 0 Å². The SMILES string of the molecule is OC1(O)CCC12CCC2. The number of rotatable bonds is 0. The Kier molecular flexibility index (Phi) is 0.837. The van der Waals surface area contributed by atoms with Crippen LogP contribution in [0.2, 0.25) is 0 Å². The number of aliphatic hydroxyl groups is 2. The lowest BCUT2D eigenvalue weighted by atomic mass is 9.52. The van der Waals surface area contributed by atoms with Crippen molar-refractivity contribution in [1.82, 2.24) is 0 Å². The highest BCUT2D eigenvalue weighted by atomic mass is 16.5. The third-order valence-electron chi connectivity index (χ3n) is 3.11. The summed E-state index contributed by atoms with van der Waals surface area (Å²) in [6.07, 6.45) is 4.86. The van der Waals surface area contributed by atoms with Crippen LogP contribution < -0.4 is 0 Å². The molecule has 2 N–H and O–H groups in total. The van der Waals surface area contributed by atoms with Gasteiger partial charge in [0.1, 0.15) is 0 Å². The summed E-state index contributed by atoms with van der Waals surface area (Å²) < 4.78 is 0. The van der Waals surface area contributed by atoms with Crippen molar-refractivity contribution >= 4 is 0 Å². The van der Waals surface area contributed by atoms with Gasteiger partial charge >= 0.3 is 0 Å². The lowest BCUT2D eigenvalue weighted by Gasteiger charge is -2.58. The normalized spacial score (nSPS) is 35.3. The Morgan fingerprint density at radius 3 is 1.56 bits per heavy atom. The largest absolute Gasteiger partial charge is 0.365 e. The molecule has 52 valence electrons. The predicted molar refractivity (Wildman–Crippen MR) is 32.7 cm³/mol. The topological polar surface area (TPSA) is 40.5 Å². The standard InChI is InChI=1S/C7H12O2/c8-7(9)5-4-6(7)2-1-3-6/h8-9H,1-5H2. The predicted octanol–water partition coefficient (Wildman–Crippen LogP) is 0.631. The third-order valence-corrected chi connectivity index (χ3v) is 3.11. The van der Waals surface area contributed by atoms with E-state index >= 15 is 0 Å². The minimum absolute atomic E-state index is 0.0486. The molecule has 1 spiro atoms. The van der Waals surface area contributed by atoms with E-state index in [2.05, 4.69) is 0 Å². The highest BCUT2D eigenvalue weighted by Crippen LogP contribution is 2.60. The molecule has 2 fully saturated rings. The van der Waals surface area contributed by atoms with E-state index in [9.17, 15) is 10.2 Å². The second-order valence-electron chi connectivity index (χ2n) is 3.45. The van der Waals surface area contributed by atoms with Gasteiger partial charge in [-0.05, 0) is 19.3 Å². The molecule has 0 aromatic rings. The van der Waals surface area contributed by atoms with Crippen molar-refractivity contribution in [2.24, 2.45) is 5.41 Å². The lowest BCUT2D eigenvalue weighted by molar-refractivity contribution is -0.327. The van der Waals surface area contributed by atoms with E-state index < -0.39 is 5.79 Å². The van der Waals surface area contributed by atoms with Gasteiger partial charge < -0.3 is 10.2 Å². The average Bonchev–Trinajstić information content (AvgIpc) is 1.59. The van der Waals surface area contributed by atoms with Crippen LogP contribution in [0, 0.1) is 5.41 Å². The molecule has 0 bridgehead atoms. The Bertz CT molecular complexity index is 130. The Morgan fingerprint density at radius 1 is 0.889 bits per heavy atom. The van der Waals surface area contributed by atoms with Crippen molar-refractivity contribution in [2.45, 2.75) is 37.9 Å². The van der Waals surface area contributed by atoms with E-state index in [4.69, 9.17) is 0 Å². The highest BCUT2D eigenvalue weighted by molar-refractivity contribution is 5.05. The monoisotopic (exact) mass is 128 g/mol. The molecule has 0 heterocycles. The molecule has 0 aliphatic heterocycles. The number of hydrogen-bond acceptors (Lipinski definition) is 2. The highest BCUT2D eigenvalue weighted by Gasteiger charge is 2.60. The van der Waals surface area contributed by atoms with Crippen LogP contribution in [0.4, 0.5) is 0 Å². The van der Waals surface area contributed by atoms with Crippen molar-refractivity contribution in [3.05, 3.63) is 0 Å². The molecule has 0 unspecified atom stereocenters. The van der Waals surface area contributed by atoms with Gasteiger partial charge in [0.05, 0.1) is 0 Å². The molecule has 2 aliphatic rings. The molecule has 9 heavy (non-hydrogen) atoms. The Labute approximate surface area is 54.5 Å². The van der Waals surface area contributed by atoms with Gasteiger partial charge in [-0.1, -0.05) is 6.42 Å². The Hall–Kier alpha value is -0.0800. The molecule has 0 radical (unpaired) electrons. The summed E-state index contributed by atoms with van der Waals surface area (Å²) in [5, 5.41) is 18.5. The summed E-state index contributed by atoms with van der Waals surface area (Å²) in [5.74, 6) is -1.29. The van der Waals surface area contributed by atoms with Gasteiger partial charge in [0.2, 0.25) is 0 Å². The van der Waals surface area contributed by atoms with E-state index in [1.165, 1.54) is 6.42 Å². The zero-order chi connectivity index (χ0) is 6.54. The maximum Gasteiger partial charge on any atom is 0.168 e. The molecule has 2 heteroatoms. The molecule has 2 saturated carbocycles. The molecule has 2 rings (SSSR count). The van der Waals surface area contributed by atoms with Crippen LogP contribution in [-0.2, 0) is 0 Å². The lowest BCUT2D eigenvalue weighted by Crippen LogP contribution is -2.60. The van der Waals surface area contributed by atoms with E-state index in [-0.39, 0.29) is 5.41 Å². The molecule has 2 nitrogen and oxygen atoms in total. The molecule has 0 aromatic carbocycles. The van der Waals surface area contributed by atoms with Crippen LogP contribution >= 0.6 is 0 Å². The molecular formula is C7H12O2. The van der Waals surface area contributed by atoms with Crippen LogP contribution in [0.5, 0.6) is 0 Å². The number of hydrogen-bond donors (Lipinski definition) is 2. The first-order valence-corrected chi connectivity index (χ1v) is 3.61. The summed E-state index contributed by atoms with van der Waals surface area (Å²) in [6, 6.07) is 0. The maximum atomic E-state index is 9.24. The van der Waals surface area contributed by atoms with Crippen molar-refractivity contribution in [2.75, 3.05) is 0 Å². The summed E-state index contributed by atoms with van der Waals surface area (Å²) >= 11 is 0. The molecule has 0 amide bonds. The van der Waals surface area contributed by atoms with Crippen LogP contribution in [-0.4, -0.2) is 16.0 Å². The van der Waals surface area contributed by atoms with Crippen molar-refractivity contribution < 1.29 is 10.2 Å². The zero-order valence-electron chi connectivity index (χ0n) is 5.43. The van der Waals surface area contributed by atoms with Crippen LogP contribution in [0.25, 0.3) is 0 Å². The van der Waals surface area contributed by atoms with Gasteiger partial charge in [0.15, 0.2) is 5.79 Å². The minimum Gasteiger partial charge on any atom is -0.365 e. The van der Waals surface area contributed by atoms with Gasteiger partial charge in [0, 0.05) is 11.8 Å². The van der Waals surface area contributed by atoms with E-state index in [0.29, 0.717) is 6.42 Å². The molecule has 0 saturated heterocycles. The van der Waals surface area contributed by atoms with Crippen molar-refractivity contribution in [3.8, 4) is 0 Å². The Balaban J connectivity index is 2.13. The fourth-order valence-electron chi connectivity index (χ4n) is 1.96. The maximum absolute atomic E-state index is 9.24. The Morgan fingerprint density at radius 2 is 1.56 bits per heavy atom. The zero-order valence-corrected chi connectivity index (χ0v) is 5.43.